The first kappa shape index (κ1) is 15.4. The molecule has 0 bridgehead atoms. The van der Waals surface area contributed by atoms with Gasteiger partial charge in [-0.25, -0.2) is 17.9 Å². The second-order valence-electron chi connectivity index (χ2n) is 5.49. The molecule has 0 radical (unpaired) electrons. The van der Waals surface area contributed by atoms with E-state index in [0.29, 0.717) is 0 Å². The van der Waals surface area contributed by atoms with Crippen molar-refractivity contribution in [3.8, 4) is 0 Å². The number of hydrogen-bond acceptors (Lipinski definition) is 3. The molecule has 2 rings (SSSR count). The van der Waals surface area contributed by atoms with Gasteiger partial charge in [-0.3, -0.25) is 0 Å². The van der Waals surface area contributed by atoms with Crippen LogP contribution in [0.1, 0.15) is 18.4 Å². The summed E-state index contributed by atoms with van der Waals surface area (Å²) in [6, 6.07) is 6.66. The molecule has 0 aliphatic carbocycles. The summed E-state index contributed by atoms with van der Waals surface area (Å²) in [4.78, 5) is 2.30. The molecule has 0 saturated carbocycles. The molecule has 4 nitrogen and oxygen atoms in total. The lowest BCUT2D eigenvalue weighted by Gasteiger charge is -2.31. The number of hydrogen-bond donors (Lipinski definition) is 1. The van der Waals surface area contributed by atoms with Gasteiger partial charge >= 0.3 is 0 Å². The quantitative estimate of drug-likeness (QED) is 0.893. The van der Waals surface area contributed by atoms with E-state index in [4.69, 9.17) is 5.14 Å². The van der Waals surface area contributed by atoms with Crippen LogP contribution in [-0.2, 0) is 16.4 Å². The number of nitrogens with zero attached hydrogens (tertiary/aromatic N) is 1. The zero-order valence-corrected chi connectivity index (χ0v) is 12.3. The lowest BCUT2D eigenvalue weighted by atomic mass is 9.98. The van der Waals surface area contributed by atoms with Gasteiger partial charge in [-0.15, -0.1) is 0 Å². The maximum atomic E-state index is 13.1. The number of halogens is 1. The van der Waals surface area contributed by atoms with Crippen molar-refractivity contribution in [2.24, 2.45) is 11.1 Å². The van der Waals surface area contributed by atoms with E-state index in [0.717, 1.165) is 44.5 Å². The first-order valence-electron chi connectivity index (χ1n) is 6.90. The van der Waals surface area contributed by atoms with Gasteiger partial charge in [0.25, 0.3) is 0 Å². The lowest BCUT2D eigenvalue weighted by molar-refractivity contribution is 0.195. The Morgan fingerprint density at radius 1 is 1.30 bits per heavy atom. The summed E-state index contributed by atoms with van der Waals surface area (Å²) in [7, 11) is -3.36. The smallest absolute Gasteiger partial charge is 0.209 e. The van der Waals surface area contributed by atoms with Gasteiger partial charge in [0.15, 0.2) is 0 Å². The third-order valence-corrected chi connectivity index (χ3v) is 4.72. The van der Waals surface area contributed by atoms with Gasteiger partial charge in [-0.05, 0) is 56.0 Å². The second-order valence-corrected chi connectivity index (χ2v) is 7.15. The Bertz CT molecular complexity index is 540. The Hall–Kier alpha value is -0.980. The average Bonchev–Trinajstić information content (AvgIpc) is 2.36. The Balaban J connectivity index is 1.75. The van der Waals surface area contributed by atoms with Crippen molar-refractivity contribution in [3.05, 3.63) is 35.6 Å². The molecule has 0 spiro atoms. The number of sulfonamides is 1. The number of likely N-dealkylation sites (tertiary alicyclic amines) is 1. The minimum atomic E-state index is -3.36. The minimum absolute atomic E-state index is 0.0880. The Labute approximate surface area is 119 Å². The van der Waals surface area contributed by atoms with Crippen molar-refractivity contribution in [1.29, 1.82) is 0 Å². The monoisotopic (exact) mass is 300 g/mol. The standard InChI is InChI=1S/C14H21FN2O2S/c15-14-3-1-2-12(10-14)4-7-17-8-5-13(6-9-17)11-20(16,18)19/h1-3,10,13H,4-9,11H2,(H2,16,18,19). The summed E-state index contributed by atoms with van der Waals surface area (Å²) in [5.74, 6) is 0.0647. The molecule has 20 heavy (non-hydrogen) atoms. The minimum Gasteiger partial charge on any atom is -0.303 e. The van der Waals surface area contributed by atoms with Crippen LogP contribution in [0.25, 0.3) is 0 Å². The molecule has 0 aromatic heterocycles. The van der Waals surface area contributed by atoms with E-state index in [2.05, 4.69) is 4.90 Å². The van der Waals surface area contributed by atoms with Gasteiger partial charge in [0.1, 0.15) is 5.82 Å². The summed E-state index contributed by atoms with van der Waals surface area (Å²) in [6.45, 7) is 2.65. The molecule has 1 saturated heterocycles. The maximum absolute atomic E-state index is 13.1. The van der Waals surface area contributed by atoms with Gasteiger partial charge < -0.3 is 4.90 Å². The average molecular weight is 300 g/mol. The number of benzene rings is 1. The largest absolute Gasteiger partial charge is 0.303 e. The predicted octanol–water partition coefficient (Wildman–Crippen LogP) is 1.37. The topological polar surface area (TPSA) is 63.4 Å². The molecule has 1 heterocycles. The van der Waals surface area contributed by atoms with E-state index < -0.39 is 10.0 Å². The summed E-state index contributed by atoms with van der Waals surface area (Å²) >= 11 is 0. The fraction of sp³-hybridized carbons (Fsp3) is 0.571. The first-order chi connectivity index (χ1) is 9.42. The van der Waals surface area contributed by atoms with Crippen LogP contribution >= 0.6 is 0 Å². The van der Waals surface area contributed by atoms with Gasteiger partial charge in [-0.1, -0.05) is 12.1 Å². The fourth-order valence-electron chi connectivity index (χ4n) is 2.68. The molecule has 0 amide bonds. The molecule has 1 aromatic rings. The number of rotatable bonds is 5. The molecule has 0 unspecified atom stereocenters. The molecule has 0 atom stereocenters. The van der Waals surface area contributed by atoms with Crippen LogP contribution in [0.5, 0.6) is 0 Å². The van der Waals surface area contributed by atoms with E-state index in [9.17, 15) is 12.8 Å². The number of piperidine rings is 1. The van der Waals surface area contributed by atoms with Crippen molar-refractivity contribution >= 4 is 10.0 Å². The van der Waals surface area contributed by atoms with Crippen LogP contribution in [0.15, 0.2) is 24.3 Å². The molecule has 112 valence electrons. The van der Waals surface area contributed by atoms with Gasteiger partial charge in [0, 0.05) is 6.54 Å². The van der Waals surface area contributed by atoms with Crippen LogP contribution in [0.4, 0.5) is 4.39 Å². The number of primary sulfonamides is 1. The van der Waals surface area contributed by atoms with Crippen molar-refractivity contribution in [1.82, 2.24) is 4.90 Å². The molecule has 6 heteroatoms. The molecule has 1 fully saturated rings. The third-order valence-electron chi connectivity index (χ3n) is 3.78. The highest BCUT2D eigenvalue weighted by Gasteiger charge is 2.22. The lowest BCUT2D eigenvalue weighted by Crippen LogP contribution is -2.38. The van der Waals surface area contributed by atoms with Crippen molar-refractivity contribution in [2.75, 3.05) is 25.4 Å². The summed E-state index contributed by atoms with van der Waals surface area (Å²) in [6.07, 6.45) is 2.54. The van der Waals surface area contributed by atoms with Gasteiger partial charge in [-0.2, -0.15) is 0 Å². The van der Waals surface area contributed by atoms with E-state index in [-0.39, 0.29) is 17.5 Å². The fourth-order valence-corrected chi connectivity index (χ4v) is 3.68. The van der Waals surface area contributed by atoms with Crippen LogP contribution < -0.4 is 5.14 Å². The van der Waals surface area contributed by atoms with Gasteiger partial charge in [0.05, 0.1) is 5.75 Å². The molecule has 1 aliphatic heterocycles. The van der Waals surface area contributed by atoms with E-state index in [1.807, 2.05) is 6.07 Å². The highest BCUT2D eigenvalue weighted by Crippen LogP contribution is 2.18. The highest BCUT2D eigenvalue weighted by atomic mass is 32.2. The van der Waals surface area contributed by atoms with E-state index >= 15 is 0 Å². The zero-order chi connectivity index (χ0) is 14.6. The maximum Gasteiger partial charge on any atom is 0.209 e. The summed E-state index contributed by atoms with van der Waals surface area (Å²) in [5.41, 5.74) is 0.997. The summed E-state index contributed by atoms with van der Waals surface area (Å²) in [5, 5.41) is 5.07. The molecule has 1 aliphatic rings. The van der Waals surface area contributed by atoms with Crippen LogP contribution in [0.3, 0.4) is 0 Å². The normalized spacial score (nSPS) is 18.3. The predicted molar refractivity (Wildman–Crippen MR) is 77.2 cm³/mol. The molecule has 2 N–H and O–H groups in total. The molecule has 1 aromatic carbocycles. The Morgan fingerprint density at radius 3 is 2.60 bits per heavy atom. The van der Waals surface area contributed by atoms with Crippen molar-refractivity contribution in [3.63, 3.8) is 0 Å². The molecular weight excluding hydrogens is 279 g/mol. The van der Waals surface area contributed by atoms with Crippen LogP contribution in [-0.4, -0.2) is 38.7 Å². The molecular formula is C14H21FN2O2S. The van der Waals surface area contributed by atoms with Crippen LogP contribution in [0, 0.1) is 11.7 Å². The first-order valence-corrected chi connectivity index (χ1v) is 8.61. The Kier molecular flexibility index (Phi) is 5.12. The highest BCUT2D eigenvalue weighted by molar-refractivity contribution is 7.89. The SMILES string of the molecule is NS(=O)(=O)CC1CCN(CCc2cccc(F)c2)CC1. The number of nitrogens with two attached hydrogens (primary N) is 1. The van der Waals surface area contributed by atoms with Crippen molar-refractivity contribution < 1.29 is 12.8 Å². The van der Waals surface area contributed by atoms with E-state index in [1.54, 1.807) is 12.1 Å². The summed E-state index contributed by atoms with van der Waals surface area (Å²) < 4.78 is 35.2. The van der Waals surface area contributed by atoms with E-state index in [1.165, 1.54) is 6.07 Å². The zero-order valence-electron chi connectivity index (χ0n) is 11.5. The third kappa shape index (κ3) is 5.19. The second kappa shape index (κ2) is 6.65. The Morgan fingerprint density at radius 2 is 2.00 bits per heavy atom. The van der Waals surface area contributed by atoms with Crippen LogP contribution in [0.2, 0.25) is 0 Å². The van der Waals surface area contributed by atoms with Gasteiger partial charge in [0.2, 0.25) is 10.0 Å². The van der Waals surface area contributed by atoms with Crippen molar-refractivity contribution in [2.45, 2.75) is 19.3 Å².